The van der Waals surface area contributed by atoms with E-state index >= 15 is 0 Å². The van der Waals surface area contributed by atoms with Crippen LogP contribution < -0.4 is 15.4 Å². The number of methoxy groups -OCH3 is 1. The van der Waals surface area contributed by atoms with E-state index in [4.69, 9.17) is 4.74 Å². The molecule has 0 atom stereocenters. The van der Waals surface area contributed by atoms with E-state index in [1.165, 1.54) is 18.5 Å². The van der Waals surface area contributed by atoms with Gasteiger partial charge in [-0.15, -0.1) is 0 Å². The zero-order valence-corrected chi connectivity index (χ0v) is 13.7. The van der Waals surface area contributed by atoms with Crippen LogP contribution in [0.2, 0.25) is 0 Å². The highest BCUT2D eigenvalue weighted by molar-refractivity contribution is 6.03. The van der Waals surface area contributed by atoms with Crippen molar-refractivity contribution < 1.29 is 18.3 Å². The summed E-state index contributed by atoms with van der Waals surface area (Å²) in [7, 11) is 1.58. The van der Waals surface area contributed by atoms with E-state index in [9.17, 15) is 13.6 Å². The molecule has 0 saturated carbocycles. The maximum atomic E-state index is 13.2. The van der Waals surface area contributed by atoms with Crippen molar-refractivity contribution in [2.45, 2.75) is 0 Å². The van der Waals surface area contributed by atoms with E-state index in [1.807, 2.05) is 0 Å². The number of amides is 1. The van der Waals surface area contributed by atoms with Gasteiger partial charge in [0, 0.05) is 29.8 Å². The lowest BCUT2D eigenvalue weighted by Gasteiger charge is -2.07. The zero-order chi connectivity index (χ0) is 18.5. The number of aromatic nitrogens is 2. The second kappa shape index (κ2) is 7.56. The van der Waals surface area contributed by atoms with Crippen molar-refractivity contribution in [2.24, 2.45) is 0 Å². The second-order valence-corrected chi connectivity index (χ2v) is 5.23. The van der Waals surface area contributed by atoms with Gasteiger partial charge in [0.15, 0.2) is 11.6 Å². The Morgan fingerprint density at radius 2 is 1.62 bits per heavy atom. The molecule has 0 radical (unpaired) electrons. The molecule has 1 aromatic heterocycles. The molecular formula is C18H14F2N4O2. The summed E-state index contributed by atoms with van der Waals surface area (Å²) in [5, 5.41) is 5.43. The Labute approximate surface area is 147 Å². The Morgan fingerprint density at radius 3 is 2.23 bits per heavy atom. The number of benzene rings is 2. The molecule has 132 valence electrons. The molecule has 6 nitrogen and oxygen atoms in total. The van der Waals surface area contributed by atoms with Crippen LogP contribution in [0.15, 0.2) is 54.9 Å². The molecule has 0 saturated heterocycles. The third-order valence-electron chi connectivity index (χ3n) is 3.44. The predicted octanol–water partition coefficient (Wildman–Crippen LogP) is 3.76. The first-order chi connectivity index (χ1) is 12.5. The number of anilines is 3. The predicted molar refractivity (Wildman–Crippen MR) is 92.6 cm³/mol. The minimum atomic E-state index is -1.04. The summed E-state index contributed by atoms with van der Waals surface area (Å²) in [5.74, 6) is -1.54. The SMILES string of the molecule is COc1ccc(Nc2ncc(C(=O)Nc3ccc(F)c(F)c3)cn2)cc1. The molecule has 0 aliphatic rings. The van der Waals surface area contributed by atoms with Crippen LogP contribution in [0.4, 0.5) is 26.1 Å². The molecule has 3 rings (SSSR count). The summed E-state index contributed by atoms with van der Waals surface area (Å²) >= 11 is 0. The molecule has 0 fully saturated rings. The van der Waals surface area contributed by atoms with Gasteiger partial charge in [-0.2, -0.15) is 0 Å². The third kappa shape index (κ3) is 4.10. The molecule has 3 aromatic rings. The van der Waals surface area contributed by atoms with Crippen LogP contribution in [0.1, 0.15) is 10.4 Å². The molecule has 8 heteroatoms. The van der Waals surface area contributed by atoms with Crippen LogP contribution in [0.25, 0.3) is 0 Å². The summed E-state index contributed by atoms with van der Waals surface area (Å²) in [4.78, 5) is 20.2. The molecule has 0 aliphatic carbocycles. The van der Waals surface area contributed by atoms with E-state index < -0.39 is 17.5 Å². The Morgan fingerprint density at radius 1 is 0.962 bits per heavy atom. The van der Waals surface area contributed by atoms with E-state index in [-0.39, 0.29) is 11.3 Å². The molecule has 0 unspecified atom stereocenters. The fourth-order valence-electron chi connectivity index (χ4n) is 2.09. The highest BCUT2D eigenvalue weighted by Gasteiger charge is 2.10. The molecule has 26 heavy (non-hydrogen) atoms. The monoisotopic (exact) mass is 356 g/mol. The minimum absolute atomic E-state index is 0.134. The Bertz CT molecular complexity index is 915. The average molecular weight is 356 g/mol. The van der Waals surface area contributed by atoms with Crippen molar-refractivity contribution in [2.75, 3.05) is 17.7 Å². The number of ether oxygens (including phenoxy) is 1. The number of nitrogens with zero attached hydrogens (tertiary/aromatic N) is 2. The molecule has 0 aliphatic heterocycles. The third-order valence-corrected chi connectivity index (χ3v) is 3.44. The van der Waals surface area contributed by atoms with Gasteiger partial charge in [0.25, 0.3) is 5.91 Å². The second-order valence-electron chi connectivity index (χ2n) is 5.23. The minimum Gasteiger partial charge on any atom is -0.497 e. The van der Waals surface area contributed by atoms with Crippen LogP contribution in [-0.2, 0) is 0 Å². The lowest BCUT2D eigenvalue weighted by Crippen LogP contribution is -2.13. The summed E-state index contributed by atoms with van der Waals surface area (Å²) in [6, 6.07) is 10.3. The molecule has 2 N–H and O–H groups in total. The number of halogens is 2. The lowest BCUT2D eigenvalue weighted by atomic mass is 10.2. The molecule has 1 amide bonds. The Kier molecular flexibility index (Phi) is 5.02. The summed E-state index contributed by atoms with van der Waals surface area (Å²) in [6.07, 6.45) is 2.65. The van der Waals surface area contributed by atoms with Gasteiger partial charge in [-0.3, -0.25) is 4.79 Å². The standard InChI is InChI=1S/C18H14F2N4O2/c1-26-14-5-2-12(3-6-14)24-18-21-9-11(10-22-18)17(25)23-13-4-7-15(19)16(20)8-13/h2-10H,1H3,(H,23,25)(H,21,22,24). The summed E-state index contributed by atoms with van der Waals surface area (Å²) in [5.41, 5.74) is 1.06. The van der Waals surface area contributed by atoms with Gasteiger partial charge in [0.1, 0.15) is 5.75 Å². The van der Waals surface area contributed by atoms with E-state index in [2.05, 4.69) is 20.6 Å². The van der Waals surface area contributed by atoms with Crippen molar-refractivity contribution >= 4 is 23.2 Å². The molecular weight excluding hydrogens is 342 g/mol. The molecule has 2 aromatic carbocycles. The number of carbonyl (C=O) groups is 1. The molecule has 1 heterocycles. The normalized spacial score (nSPS) is 10.3. The quantitative estimate of drug-likeness (QED) is 0.728. The van der Waals surface area contributed by atoms with Crippen molar-refractivity contribution in [1.29, 1.82) is 0 Å². The van der Waals surface area contributed by atoms with Gasteiger partial charge in [-0.25, -0.2) is 18.7 Å². The maximum absolute atomic E-state index is 13.2. The number of hydrogen-bond acceptors (Lipinski definition) is 5. The van der Waals surface area contributed by atoms with Gasteiger partial charge >= 0.3 is 0 Å². The Balaban J connectivity index is 1.66. The first kappa shape index (κ1) is 17.3. The van der Waals surface area contributed by atoms with Gasteiger partial charge in [-0.05, 0) is 36.4 Å². The van der Waals surface area contributed by atoms with Gasteiger partial charge < -0.3 is 15.4 Å². The number of nitrogens with one attached hydrogen (secondary N) is 2. The average Bonchev–Trinajstić information content (AvgIpc) is 2.66. The fourth-order valence-corrected chi connectivity index (χ4v) is 2.09. The molecule has 0 spiro atoms. The van der Waals surface area contributed by atoms with Crippen molar-refractivity contribution in [3.8, 4) is 5.75 Å². The van der Waals surface area contributed by atoms with E-state index in [0.29, 0.717) is 5.95 Å². The number of rotatable bonds is 5. The van der Waals surface area contributed by atoms with Gasteiger partial charge in [-0.1, -0.05) is 0 Å². The first-order valence-corrected chi connectivity index (χ1v) is 7.54. The number of hydrogen-bond donors (Lipinski definition) is 2. The topological polar surface area (TPSA) is 76.1 Å². The highest BCUT2D eigenvalue weighted by atomic mass is 19.2. The van der Waals surface area contributed by atoms with Gasteiger partial charge in [0.05, 0.1) is 12.7 Å². The zero-order valence-electron chi connectivity index (χ0n) is 13.7. The summed E-state index contributed by atoms with van der Waals surface area (Å²) in [6.45, 7) is 0. The molecule has 0 bridgehead atoms. The van der Waals surface area contributed by atoms with Crippen LogP contribution in [0.3, 0.4) is 0 Å². The summed E-state index contributed by atoms with van der Waals surface area (Å²) < 4.78 is 31.2. The van der Waals surface area contributed by atoms with Crippen molar-refractivity contribution in [1.82, 2.24) is 9.97 Å². The lowest BCUT2D eigenvalue weighted by molar-refractivity contribution is 0.102. The van der Waals surface area contributed by atoms with Crippen LogP contribution in [-0.4, -0.2) is 23.0 Å². The smallest absolute Gasteiger partial charge is 0.258 e. The first-order valence-electron chi connectivity index (χ1n) is 7.54. The van der Waals surface area contributed by atoms with Crippen molar-refractivity contribution in [3.63, 3.8) is 0 Å². The van der Waals surface area contributed by atoms with E-state index in [1.54, 1.807) is 31.4 Å². The van der Waals surface area contributed by atoms with Gasteiger partial charge in [0.2, 0.25) is 5.95 Å². The maximum Gasteiger partial charge on any atom is 0.258 e. The fraction of sp³-hybridized carbons (Fsp3) is 0.0556. The van der Waals surface area contributed by atoms with Crippen molar-refractivity contribution in [3.05, 3.63) is 72.1 Å². The van der Waals surface area contributed by atoms with Crippen LogP contribution in [0, 0.1) is 11.6 Å². The highest BCUT2D eigenvalue weighted by Crippen LogP contribution is 2.18. The van der Waals surface area contributed by atoms with E-state index in [0.717, 1.165) is 23.6 Å². The number of carbonyl (C=O) groups excluding carboxylic acids is 1. The van der Waals surface area contributed by atoms with Crippen LogP contribution in [0.5, 0.6) is 5.75 Å². The Hall–Kier alpha value is -3.55. The van der Waals surface area contributed by atoms with Crippen LogP contribution >= 0.6 is 0 Å². The largest absolute Gasteiger partial charge is 0.497 e.